The zero-order chi connectivity index (χ0) is 11.5. The highest BCUT2D eigenvalue weighted by molar-refractivity contribution is 7.99. The minimum absolute atomic E-state index is 0.783. The molecule has 16 heavy (non-hydrogen) atoms. The van der Waals surface area contributed by atoms with E-state index in [4.69, 9.17) is 11.5 Å². The molecule has 0 aliphatic heterocycles. The normalized spacial score (nSPS) is 10.3. The van der Waals surface area contributed by atoms with Crippen molar-refractivity contribution in [3.63, 3.8) is 0 Å². The molecule has 2 nitrogen and oxygen atoms in total. The zero-order valence-corrected chi connectivity index (χ0v) is 9.92. The minimum atomic E-state index is 0.783. The van der Waals surface area contributed by atoms with Crippen molar-refractivity contribution in [3.8, 4) is 0 Å². The second kappa shape index (κ2) is 4.49. The van der Waals surface area contributed by atoms with Crippen LogP contribution in [-0.4, -0.2) is 0 Å². The van der Waals surface area contributed by atoms with Gasteiger partial charge in [0.05, 0.1) is 0 Å². The number of rotatable bonds is 2. The number of benzene rings is 2. The van der Waals surface area contributed by atoms with E-state index in [0.717, 1.165) is 21.2 Å². The van der Waals surface area contributed by atoms with Gasteiger partial charge in [-0.1, -0.05) is 17.8 Å². The van der Waals surface area contributed by atoms with Crippen molar-refractivity contribution in [2.45, 2.75) is 16.7 Å². The van der Waals surface area contributed by atoms with E-state index in [2.05, 4.69) is 6.07 Å². The summed E-state index contributed by atoms with van der Waals surface area (Å²) in [5, 5.41) is 0. The Hall–Kier alpha value is -1.61. The number of hydrogen-bond acceptors (Lipinski definition) is 3. The lowest BCUT2D eigenvalue weighted by Gasteiger charge is -2.05. The van der Waals surface area contributed by atoms with Crippen molar-refractivity contribution in [1.29, 1.82) is 0 Å². The fourth-order valence-corrected chi connectivity index (χ4v) is 2.60. The molecule has 0 atom stereocenters. The summed E-state index contributed by atoms with van der Waals surface area (Å²) in [6.07, 6.45) is 0. The average Bonchev–Trinajstić information content (AvgIpc) is 2.15. The second-order valence-electron chi connectivity index (χ2n) is 3.75. The first-order valence-electron chi connectivity index (χ1n) is 5.04. The molecule has 4 N–H and O–H groups in total. The first-order chi connectivity index (χ1) is 7.63. The van der Waals surface area contributed by atoms with Gasteiger partial charge in [0, 0.05) is 21.2 Å². The lowest BCUT2D eigenvalue weighted by atomic mass is 10.2. The van der Waals surface area contributed by atoms with Crippen LogP contribution >= 0.6 is 11.8 Å². The summed E-state index contributed by atoms with van der Waals surface area (Å²) in [5.41, 5.74) is 14.3. The van der Waals surface area contributed by atoms with Gasteiger partial charge in [0.15, 0.2) is 0 Å². The van der Waals surface area contributed by atoms with Crippen molar-refractivity contribution in [2.24, 2.45) is 0 Å². The van der Waals surface area contributed by atoms with Gasteiger partial charge in [0.2, 0.25) is 0 Å². The number of nitrogen functional groups attached to an aromatic ring is 2. The van der Waals surface area contributed by atoms with Crippen molar-refractivity contribution in [3.05, 3.63) is 48.0 Å². The van der Waals surface area contributed by atoms with E-state index in [1.165, 1.54) is 5.56 Å². The van der Waals surface area contributed by atoms with Gasteiger partial charge in [-0.25, -0.2) is 0 Å². The number of aryl methyl sites for hydroxylation is 1. The Morgan fingerprint density at radius 3 is 2.31 bits per heavy atom. The Morgan fingerprint density at radius 2 is 1.62 bits per heavy atom. The van der Waals surface area contributed by atoms with Gasteiger partial charge in [-0.2, -0.15) is 0 Å². The maximum atomic E-state index is 5.80. The van der Waals surface area contributed by atoms with Gasteiger partial charge in [-0.05, 0) is 48.9 Å². The maximum Gasteiger partial charge on any atom is 0.0328 e. The van der Waals surface area contributed by atoms with Crippen molar-refractivity contribution in [1.82, 2.24) is 0 Å². The standard InChI is InChI=1S/C13H14N2S/c1-9-5-11(15)8-13(6-9)16-12-4-2-3-10(14)7-12/h2-8H,14-15H2,1H3. The molecule has 0 fully saturated rings. The molecule has 2 rings (SSSR count). The minimum Gasteiger partial charge on any atom is -0.399 e. The fraction of sp³-hybridized carbons (Fsp3) is 0.0769. The number of nitrogens with two attached hydrogens (primary N) is 2. The zero-order valence-electron chi connectivity index (χ0n) is 9.10. The highest BCUT2D eigenvalue weighted by atomic mass is 32.2. The number of anilines is 2. The molecule has 2 aromatic rings. The third kappa shape index (κ3) is 2.70. The first kappa shape index (κ1) is 10.9. The Kier molecular flexibility index (Phi) is 3.06. The molecular formula is C13H14N2S. The second-order valence-corrected chi connectivity index (χ2v) is 4.90. The predicted octanol–water partition coefficient (Wildman–Crippen LogP) is 3.31. The summed E-state index contributed by atoms with van der Waals surface area (Å²) in [7, 11) is 0. The topological polar surface area (TPSA) is 52.0 Å². The molecule has 0 amide bonds. The van der Waals surface area contributed by atoms with E-state index in [1.54, 1.807) is 11.8 Å². The first-order valence-corrected chi connectivity index (χ1v) is 5.86. The third-order valence-corrected chi connectivity index (χ3v) is 3.13. The van der Waals surface area contributed by atoms with Crippen molar-refractivity contribution in [2.75, 3.05) is 11.5 Å². The molecule has 3 heteroatoms. The van der Waals surface area contributed by atoms with Gasteiger partial charge in [0.1, 0.15) is 0 Å². The van der Waals surface area contributed by atoms with Crippen LogP contribution in [0.15, 0.2) is 52.3 Å². The molecule has 0 bridgehead atoms. The summed E-state index contributed by atoms with van der Waals surface area (Å²) in [5.74, 6) is 0. The van der Waals surface area contributed by atoms with Crippen LogP contribution in [0, 0.1) is 6.92 Å². The summed E-state index contributed by atoms with van der Waals surface area (Å²) in [6, 6.07) is 13.9. The number of hydrogen-bond donors (Lipinski definition) is 2. The van der Waals surface area contributed by atoms with Gasteiger partial charge in [-0.3, -0.25) is 0 Å². The average molecular weight is 230 g/mol. The molecule has 0 aliphatic rings. The largest absolute Gasteiger partial charge is 0.399 e. The molecule has 0 spiro atoms. The van der Waals surface area contributed by atoms with E-state index >= 15 is 0 Å². The molecular weight excluding hydrogens is 216 g/mol. The van der Waals surface area contributed by atoms with Crippen LogP contribution in [0.1, 0.15) is 5.56 Å². The maximum absolute atomic E-state index is 5.80. The quantitative estimate of drug-likeness (QED) is 0.778. The lowest BCUT2D eigenvalue weighted by molar-refractivity contribution is 1.35. The lowest BCUT2D eigenvalue weighted by Crippen LogP contribution is -1.87. The van der Waals surface area contributed by atoms with Crippen LogP contribution < -0.4 is 11.5 Å². The molecule has 0 heterocycles. The Bertz CT molecular complexity index is 489. The van der Waals surface area contributed by atoms with E-state index in [-0.39, 0.29) is 0 Å². The fourth-order valence-electron chi connectivity index (χ4n) is 1.55. The highest BCUT2D eigenvalue weighted by Crippen LogP contribution is 2.30. The molecule has 0 aliphatic carbocycles. The van der Waals surface area contributed by atoms with Gasteiger partial charge in [-0.15, -0.1) is 0 Å². The summed E-state index contributed by atoms with van der Waals surface area (Å²) < 4.78 is 0. The molecule has 2 aromatic carbocycles. The molecule has 0 unspecified atom stereocenters. The SMILES string of the molecule is Cc1cc(N)cc(Sc2cccc(N)c2)c1. The van der Waals surface area contributed by atoms with Crippen LogP contribution in [0.25, 0.3) is 0 Å². The Morgan fingerprint density at radius 1 is 0.875 bits per heavy atom. The van der Waals surface area contributed by atoms with Crippen molar-refractivity contribution < 1.29 is 0 Å². The van der Waals surface area contributed by atoms with E-state index in [0.29, 0.717) is 0 Å². The molecule has 82 valence electrons. The van der Waals surface area contributed by atoms with Gasteiger partial charge >= 0.3 is 0 Å². The third-order valence-electron chi connectivity index (χ3n) is 2.17. The smallest absolute Gasteiger partial charge is 0.0328 e. The summed E-state index contributed by atoms with van der Waals surface area (Å²) in [6.45, 7) is 2.04. The van der Waals surface area contributed by atoms with Crippen LogP contribution in [0.4, 0.5) is 11.4 Å². The highest BCUT2D eigenvalue weighted by Gasteiger charge is 2.00. The summed E-state index contributed by atoms with van der Waals surface area (Å²) >= 11 is 1.67. The summed E-state index contributed by atoms with van der Waals surface area (Å²) in [4.78, 5) is 2.27. The molecule has 0 radical (unpaired) electrons. The van der Waals surface area contributed by atoms with Crippen molar-refractivity contribution >= 4 is 23.1 Å². The van der Waals surface area contributed by atoms with Crippen LogP contribution in [-0.2, 0) is 0 Å². The molecule has 0 saturated heterocycles. The van der Waals surface area contributed by atoms with E-state index in [9.17, 15) is 0 Å². The van der Waals surface area contributed by atoms with E-state index < -0.39 is 0 Å². The monoisotopic (exact) mass is 230 g/mol. The Balaban J connectivity index is 2.27. The Labute approximate surface area is 99.7 Å². The van der Waals surface area contributed by atoms with Crippen LogP contribution in [0.3, 0.4) is 0 Å². The van der Waals surface area contributed by atoms with Crippen LogP contribution in [0.5, 0.6) is 0 Å². The van der Waals surface area contributed by atoms with Crippen LogP contribution in [0.2, 0.25) is 0 Å². The van der Waals surface area contributed by atoms with Gasteiger partial charge in [0.25, 0.3) is 0 Å². The predicted molar refractivity (Wildman–Crippen MR) is 70.6 cm³/mol. The van der Waals surface area contributed by atoms with Gasteiger partial charge < -0.3 is 11.5 Å². The molecule has 0 saturated carbocycles. The van der Waals surface area contributed by atoms with E-state index in [1.807, 2.05) is 43.3 Å². The molecule has 0 aromatic heterocycles.